The third kappa shape index (κ3) is 4.08. The Hall–Kier alpha value is -2.62. The number of hydrogen-bond acceptors (Lipinski definition) is 2. The number of carbonyl (C=O) groups is 2. The maximum Gasteiger partial charge on any atom is 0.230 e. The van der Waals surface area contributed by atoms with Gasteiger partial charge in [-0.1, -0.05) is 49.4 Å². The van der Waals surface area contributed by atoms with E-state index in [-0.39, 0.29) is 17.2 Å². The van der Waals surface area contributed by atoms with Crippen molar-refractivity contribution in [1.29, 1.82) is 0 Å². The van der Waals surface area contributed by atoms with Crippen LogP contribution < -0.4 is 10.6 Å². The summed E-state index contributed by atoms with van der Waals surface area (Å²) in [4.78, 5) is 24.1. The standard InChI is InChI=1S/C21H24N2O2/c1-2-19(24)23-18-10-8-17(9-11-18)21(13-14-21)20(25)22-15-12-16-6-4-3-5-7-16/h3-11H,2,12-15H2,1H3,(H,22,25)(H,23,24). The Morgan fingerprint density at radius 2 is 1.68 bits per heavy atom. The summed E-state index contributed by atoms with van der Waals surface area (Å²) in [6, 6.07) is 17.8. The highest BCUT2D eigenvalue weighted by Gasteiger charge is 2.50. The molecule has 0 atom stereocenters. The van der Waals surface area contributed by atoms with Gasteiger partial charge in [0, 0.05) is 18.7 Å². The molecule has 1 fully saturated rings. The number of hydrogen-bond donors (Lipinski definition) is 2. The predicted octanol–water partition coefficient (Wildman–Crippen LogP) is 3.43. The topological polar surface area (TPSA) is 58.2 Å². The van der Waals surface area contributed by atoms with Gasteiger partial charge in [-0.3, -0.25) is 9.59 Å². The van der Waals surface area contributed by atoms with Gasteiger partial charge in [-0.05, 0) is 42.5 Å². The van der Waals surface area contributed by atoms with Crippen LogP contribution >= 0.6 is 0 Å². The molecule has 2 aromatic rings. The lowest BCUT2D eigenvalue weighted by atomic mass is 9.94. The van der Waals surface area contributed by atoms with Crippen molar-refractivity contribution in [3.63, 3.8) is 0 Å². The van der Waals surface area contributed by atoms with Gasteiger partial charge >= 0.3 is 0 Å². The van der Waals surface area contributed by atoms with E-state index in [1.165, 1.54) is 5.56 Å². The fourth-order valence-corrected chi connectivity index (χ4v) is 3.03. The van der Waals surface area contributed by atoms with Gasteiger partial charge in [-0.25, -0.2) is 0 Å². The van der Waals surface area contributed by atoms with Crippen molar-refractivity contribution < 1.29 is 9.59 Å². The Balaban J connectivity index is 1.57. The van der Waals surface area contributed by atoms with Gasteiger partial charge in [0.2, 0.25) is 11.8 Å². The van der Waals surface area contributed by atoms with Crippen molar-refractivity contribution >= 4 is 17.5 Å². The van der Waals surface area contributed by atoms with Crippen LogP contribution in [0.4, 0.5) is 5.69 Å². The third-order valence-electron chi connectivity index (χ3n) is 4.77. The van der Waals surface area contributed by atoms with E-state index in [9.17, 15) is 9.59 Å². The Kier molecular flexibility index (Phi) is 5.17. The number of amides is 2. The van der Waals surface area contributed by atoms with Gasteiger partial charge in [0.05, 0.1) is 5.41 Å². The molecule has 1 saturated carbocycles. The summed E-state index contributed by atoms with van der Waals surface area (Å²) in [7, 11) is 0. The van der Waals surface area contributed by atoms with Crippen LogP contribution in [0.1, 0.15) is 37.3 Å². The molecule has 0 radical (unpaired) electrons. The first-order chi connectivity index (χ1) is 12.1. The molecule has 130 valence electrons. The highest BCUT2D eigenvalue weighted by Crippen LogP contribution is 2.48. The van der Waals surface area contributed by atoms with E-state index in [1.54, 1.807) is 0 Å². The first-order valence-electron chi connectivity index (χ1n) is 8.87. The van der Waals surface area contributed by atoms with Crippen LogP contribution in [0.25, 0.3) is 0 Å². The predicted molar refractivity (Wildman–Crippen MR) is 99.4 cm³/mol. The molecular weight excluding hydrogens is 312 g/mol. The van der Waals surface area contributed by atoms with Crippen molar-refractivity contribution in [2.75, 3.05) is 11.9 Å². The zero-order valence-electron chi connectivity index (χ0n) is 14.5. The Morgan fingerprint density at radius 3 is 2.28 bits per heavy atom. The molecule has 3 rings (SSSR count). The summed E-state index contributed by atoms with van der Waals surface area (Å²) >= 11 is 0. The molecular formula is C21H24N2O2. The van der Waals surface area contributed by atoms with Gasteiger partial charge < -0.3 is 10.6 Å². The minimum absolute atomic E-state index is 0.00691. The fourth-order valence-electron chi connectivity index (χ4n) is 3.03. The molecule has 2 amide bonds. The van der Waals surface area contributed by atoms with Crippen molar-refractivity contribution in [2.45, 2.75) is 38.0 Å². The highest BCUT2D eigenvalue weighted by atomic mass is 16.2. The van der Waals surface area contributed by atoms with Crippen molar-refractivity contribution in [2.24, 2.45) is 0 Å². The molecule has 1 aliphatic carbocycles. The second-order valence-corrected chi connectivity index (χ2v) is 6.55. The average Bonchev–Trinajstić information content (AvgIpc) is 3.45. The number of carbonyl (C=O) groups excluding carboxylic acids is 2. The summed E-state index contributed by atoms with van der Waals surface area (Å²) in [5.41, 5.74) is 2.64. The molecule has 0 unspecified atom stereocenters. The number of rotatable bonds is 7. The lowest BCUT2D eigenvalue weighted by Crippen LogP contribution is -2.35. The van der Waals surface area contributed by atoms with Gasteiger partial charge in [0.15, 0.2) is 0 Å². The lowest BCUT2D eigenvalue weighted by molar-refractivity contribution is -0.123. The molecule has 1 aliphatic rings. The molecule has 0 bridgehead atoms. The Bertz CT molecular complexity index is 734. The molecule has 0 aliphatic heterocycles. The van der Waals surface area contributed by atoms with Crippen LogP contribution in [0.15, 0.2) is 54.6 Å². The molecule has 0 aromatic heterocycles. The maximum absolute atomic E-state index is 12.6. The quantitative estimate of drug-likeness (QED) is 0.814. The number of anilines is 1. The van der Waals surface area contributed by atoms with E-state index in [2.05, 4.69) is 22.8 Å². The number of nitrogens with one attached hydrogen (secondary N) is 2. The monoisotopic (exact) mass is 336 g/mol. The van der Waals surface area contributed by atoms with Crippen LogP contribution in [-0.4, -0.2) is 18.4 Å². The Labute approximate surface area is 148 Å². The molecule has 0 spiro atoms. The molecule has 4 nitrogen and oxygen atoms in total. The molecule has 0 saturated heterocycles. The molecule has 0 heterocycles. The second kappa shape index (κ2) is 7.51. The van der Waals surface area contributed by atoms with Crippen molar-refractivity contribution in [3.05, 3.63) is 65.7 Å². The van der Waals surface area contributed by atoms with E-state index in [0.717, 1.165) is 30.5 Å². The fraction of sp³-hybridized carbons (Fsp3) is 0.333. The Morgan fingerprint density at radius 1 is 1.00 bits per heavy atom. The molecule has 2 aromatic carbocycles. The summed E-state index contributed by atoms with van der Waals surface area (Å²) in [5.74, 6) is 0.0984. The largest absolute Gasteiger partial charge is 0.355 e. The first-order valence-corrected chi connectivity index (χ1v) is 8.87. The SMILES string of the molecule is CCC(=O)Nc1ccc(C2(C(=O)NCCc3ccccc3)CC2)cc1. The summed E-state index contributed by atoms with van der Waals surface area (Å²) in [5, 5.41) is 5.91. The van der Waals surface area contributed by atoms with E-state index < -0.39 is 0 Å². The van der Waals surface area contributed by atoms with Crippen LogP contribution in [0.5, 0.6) is 0 Å². The van der Waals surface area contributed by atoms with E-state index in [1.807, 2.05) is 49.4 Å². The molecule has 25 heavy (non-hydrogen) atoms. The number of benzene rings is 2. The van der Waals surface area contributed by atoms with E-state index in [0.29, 0.717) is 13.0 Å². The summed E-state index contributed by atoms with van der Waals surface area (Å²) < 4.78 is 0. The van der Waals surface area contributed by atoms with Gasteiger partial charge in [0.1, 0.15) is 0 Å². The van der Waals surface area contributed by atoms with Gasteiger partial charge in [0.25, 0.3) is 0 Å². The van der Waals surface area contributed by atoms with Crippen LogP contribution in [0.2, 0.25) is 0 Å². The molecule has 2 N–H and O–H groups in total. The normalized spacial score (nSPS) is 14.6. The summed E-state index contributed by atoms with van der Waals surface area (Å²) in [6.45, 7) is 2.47. The van der Waals surface area contributed by atoms with Crippen LogP contribution in [0.3, 0.4) is 0 Å². The third-order valence-corrected chi connectivity index (χ3v) is 4.77. The zero-order chi connectivity index (χ0) is 17.7. The lowest BCUT2D eigenvalue weighted by Gasteiger charge is -2.16. The zero-order valence-corrected chi connectivity index (χ0v) is 14.5. The van der Waals surface area contributed by atoms with E-state index >= 15 is 0 Å². The van der Waals surface area contributed by atoms with Gasteiger partial charge in [-0.15, -0.1) is 0 Å². The highest BCUT2D eigenvalue weighted by molar-refractivity contribution is 5.92. The average molecular weight is 336 g/mol. The first kappa shape index (κ1) is 17.2. The van der Waals surface area contributed by atoms with Crippen LogP contribution in [-0.2, 0) is 21.4 Å². The molecule has 4 heteroatoms. The van der Waals surface area contributed by atoms with E-state index in [4.69, 9.17) is 0 Å². The second-order valence-electron chi connectivity index (χ2n) is 6.55. The van der Waals surface area contributed by atoms with Crippen molar-refractivity contribution in [1.82, 2.24) is 5.32 Å². The summed E-state index contributed by atoms with van der Waals surface area (Å²) in [6.07, 6.45) is 3.05. The smallest absolute Gasteiger partial charge is 0.230 e. The van der Waals surface area contributed by atoms with Crippen LogP contribution in [0, 0.1) is 0 Å². The minimum Gasteiger partial charge on any atom is -0.355 e. The van der Waals surface area contributed by atoms with Crippen molar-refractivity contribution in [3.8, 4) is 0 Å². The van der Waals surface area contributed by atoms with Gasteiger partial charge in [-0.2, -0.15) is 0 Å². The minimum atomic E-state index is -0.385. The maximum atomic E-state index is 12.6.